The van der Waals surface area contributed by atoms with Crippen molar-refractivity contribution in [1.29, 1.82) is 0 Å². The van der Waals surface area contributed by atoms with Crippen LogP contribution in [0, 0.1) is 25.7 Å². The van der Waals surface area contributed by atoms with Crippen LogP contribution in [0.5, 0.6) is 0 Å². The van der Waals surface area contributed by atoms with E-state index in [-0.39, 0.29) is 11.1 Å². The number of nitrogens with one attached hydrogen (secondary N) is 2. The molecule has 1 aliphatic heterocycles. The number of rotatable bonds is 2. The molecule has 2 N–H and O–H groups in total. The molecule has 1 atom stereocenters. The standard InChI is InChI=1S/C43H25F2I2N4O2P/c1-20-6-2-11-31-34(20)40-29-18-17-28(50-29)39(37-24(47)10-5-13-33(37)54)27-15-14-25(48-27)38(35-21(44)7-3-9-23(35)46)26-16-19-30(49-26)41-36-22(45)8-4-12-32(36)53-43(41)51-42(40)52-31/h2-19,49-50H,54H2,1H3. The van der Waals surface area contributed by atoms with Crippen LogP contribution in [-0.2, 0) is 0 Å². The van der Waals surface area contributed by atoms with E-state index in [9.17, 15) is 0 Å². The van der Waals surface area contributed by atoms with E-state index in [1.54, 1.807) is 18.2 Å². The Bertz CT molecular complexity index is 3020. The number of halogens is 4. The third-order valence-corrected chi connectivity index (χ3v) is 12.1. The van der Waals surface area contributed by atoms with Gasteiger partial charge in [-0.15, -0.1) is 9.24 Å². The molecule has 0 saturated heterocycles. The van der Waals surface area contributed by atoms with E-state index in [0.717, 1.165) is 47.4 Å². The van der Waals surface area contributed by atoms with Crippen LogP contribution in [0.4, 0.5) is 8.78 Å². The van der Waals surface area contributed by atoms with E-state index >= 15 is 8.78 Å². The zero-order chi connectivity index (χ0) is 36.8. The SMILES string of the molecule is Cc1cccc2oc3nc4oc5cccc(F)c5c4c4ccc([nH]4)c(-c4c(F)cccc4I)c4nc(c(-c5c(P)cccc5I)c5ccc([nH]5)c3c12)C=C4. The highest BCUT2D eigenvalue weighted by molar-refractivity contribution is 14.1. The van der Waals surface area contributed by atoms with E-state index in [1.165, 1.54) is 12.1 Å². The van der Waals surface area contributed by atoms with Gasteiger partial charge in [0.25, 0.3) is 0 Å². The first kappa shape index (κ1) is 33.6. The van der Waals surface area contributed by atoms with Crippen LogP contribution < -0.4 is 5.30 Å². The van der Waals surface area contributed by atoms with Gasteiger partial charge in [-0.2, -0.15) is 4.98 Å². The molecule has 0 amide bonds. The smallest absolute Gasteiger partial charge is 0.232 e. The molecular formula is C43H25F2I2N4O2P. The number of fused-ring (bicyclic) bond motifs is 14. The molecule has 0 saturated carbocycles. The van der Waals surface area contributed by atoms with E-state index in [2.05, 4.69) is 76.5 Å². The predicted molar refractivity (Wildman–Crippen MR) is 235 cm³/mol. The topological polar surface area (TPSA) is 83.6 Å². The van der Waals surface area contributed by atoms with Crippen molar-refractivity contribution in [2.45, 2.75) is 6.92 Å². The maximum atomic E-state index is 16.0. The number of hydrogen-bond acceptors (Lipinski definition) is 4. The van der Waals surface area contributed by atoms with Gasteiger partial charge in [-0.3, -0.25) is 0 Å². The van der Waals surface area contributed by atoms with Crippen LogP contribution in [0.2, 0.25) is 0 Å². The van der Waals surface area contributed by atoms with Crippen molar-refractivity contribution in [1.82, 2.24) is 19.9 Å². The molecule has 11 heteroatoms. The summed E-state index contributed by atoms with van der Waals surface area (Å²) in [6, 6.07) is 29.5. The summed E-state index contributed by atoms with van der Waals surface area (Å²) in [6.07, 6.45) is 3.90. The molecule has 1 unspecified atom stereocenters. The number of furan rings is 2. The normalized spacial score (nSPS) is 12.2. The van der Waals surface area contributed by atoms with Gasteiger partial charge in [-0.05, 0) is 136 Å². The predicted octanol–water partition coefficient (Wildman–Crippen LogP) is 12.6. The highest BCUT2D eigenvalue weighted by Crippen LogP contribution is 2.40. The molecule has 6 nitrogen and oxygen atoms in total. The highest BCUT2D eigenvalue weighted by atomic mass is 127. The van der Waals surface area contributed by atoms with E-state index < -0.39 is 11.6 Å². The van der Waals surface area contributed by atoms with Crippen molar-refractivity contribution in [2.75, 3.05) is 0 Å². The van der Waals surface area contributed by atoms with Crippen molar-refractivity contribution in [3.8, 4) is 22.3 Å². The molecule has 9 aromatic rings. The first-order valence-corrected chi connectivity index (χ1v) is 19.7. The summed E-state index contributed by atoms with van der Waals surface area (Å²) < 4.78 is 46.5. The lowest BCUT2D eigenvalue weighted by Gasteiger charge is -2.10. The molecule has 0 radical (unpaired) electrons. The van der Waals surface area contributed by atoms with Crippen molar-refractivity contribution in [3.63, 3.8) is 0 Å². The largest absolute Gasteiger partial charge is 0.437 e. The van der Waals surface area contributed by atoms with E-state index in [0.29, 0.717) is 59.4 Å². The molecule has 1 aliphatic rings. The van der Waals surface area contributed by atoms with E-state index in [1.807, 2.05) is 73.7 Å². The second-order valence-electron chi connectivity index (χ2n) is 13.1. The number of hydrogen-bond donors (Lipinski definition) is 2. The Morgan fingerprint density at radius 3 is 1.70 bits per heavy atom. The molecular weight excluding hydrogens is 927 g/mol. The van der Waals surface area contributed by atoms with Gasteiger partial charge in [0, 0.05) is 45.8 Å². The monoisotopic (exact) mass is 952 g/mol. The number of benzene rings is 4. The zero-order valence-electron chi connectivity index (χ0n) is 28.2. The minimum absolute atomic E-state index is 0.162. The van der Waals surface area contributed by atoms with Crippen LogP contribution in [0.15, 0.2) is 106 Å². The molecule has 5 aromatic heterocycles. The lowest BCUT2D eigenvalue weighted by atomic mass is 10.0. The van der Waals surface area contributed by atoms with Gasteiger partial charge in [-0.25, -0.2) is 13.8 Å². The molecule has 262 valence electrons. The summed E-state index contributed by atoms with van der Waals surface area (Å²) >= 11 is 4.52. The number of H-pyrrole nitrogens is 2. The second-order valence-corrected chi connectivity index (χ2v) is 16.0. The highest BCUT2D eigenvalue weighted by Gasteiger charge is 2.22. The van der Waals surface area contributed by atoms with Crippen molar-refractivity contribution >= 4 is 138 Å². The number of aromatic nitrogens is 4. The summed E-state index contributed by atoms with van der Waals surface area (Å²) in [7, 11) is 2.86. The second kappa shape index (κ2) is 12.9. The first-order chi connectivity index (χ1) is 26.2. The summed E-state index contributed by atoms with van der Waals surface area (Å²) in [5.74, 6) is -0.853. The van der Waals surface area contributed by atoms with E-state index in [4.69, 9.17) is 18.8 Å². The van der Waals surface area contributed by atoms with Crippen LogP contribution >= 0.6 is 54.4 Å². The Balaban J connectivity index is 1.50. The summed E-state index contributed by atoms with van der Waals surface area (Å²) in [5.41, 5.74) is 9.27. The zero-order valence-corrected chi connectivity index (χ0v) is 33.7. The molecule has 6 heterocycles. The molecule has 10 rings (SSSR count). The minimum atomic E-state index is -0.463. The Hall–Kier alpha value is -4.91. The van der Waals surface area contributed by atoms with Gasteiger partial charge in [0.05, 0.1) is 38.6 Å². The van der Waals surface area contributed by atoms with Gasteiger partial charge in [0.1, 0.15) is 22.8 Å². The fourth-order valence-electron chi connectivity index (χ4n) is 7.51. The molecule has 54 heavy (non-hydrogen) atoms. The quantitative estimate of drug-likeness (QED) is 0.134. The molecule has 0 spiro atoms. The fraction of sp³-hybridized carbons (Fsp3) is 0.0233. The van der Waals surface area contributed by atoms with Gasteiger partial charge in [-0.1, -0.05) is 36.4 Å². The third-order valence-electron chi connectivity index (χ3n) is 9.86. The lowest BCUT2D eigenvalue weighted by Crippen LogP contribution is -2.01. The minimum Gasteiger partial charge on any atom is -0.437 e. The molecule has 6 bridgehead atoms. The van der Waals surface area contributed by atoms with Crippen LogP contribution in [0.25, 0.3) is 101 Å². The maximum Gasteiger partial charge on any atom is 0.232 e. The third kappa shape index (κ3) is 5.25. The fourth-order valence-corrected chi connectivity index (χ4v) is 9.74. The average Bonchev–Trinajstić information content (AvgIpc) is 3.98. The van der Waals surface area contributed by atoms with Gasteiger partial charge in [0.15, 0.2) is 0 Å². The Morgan fingerprint density at radius 1 is 0.537 bits per heavy atom. The van der Waals surface area contributed by atoms with Crippen molar-refractivity contribution in [2.24, 2.45) is 0 Å². The lowest BCUT2D eigenvalue weighted by molar-refractivity contribution is 0.625. The van der Waals surface area contributed by atoms with Crippen LogP contribution in [-0.4, -0.2) is 19.9 Å². The first-order valence-electron chi connectivity index (χ1n) is 17.0. The van der Waals surface area contributed by atoms with Crippen LogP contribution in [0.1, 0.15) is 17.0 Å². The number of aromatic amines is 2. The molecule has 0 aliphatic carbocycles. The van der Waals surface area contributed by atoms with Gasteiger partial charge >= 0.3 is 0 Å². The maximum absolute atomic E-state index is 16.0. The molecule has 0 fully saturated rings. The summed E-state index contributed by atoms with van der Waals surface area (Å²) in [6.45, 7) is 2.04. The number of aryl methyl sites for hydroxylation is 1. The Labute approximate surface area is 335 Å². The summed E-state index contributed by atoms with van der Waals surface area (Å²) in [4.78, 5) is 17.5. The Kier molecular flexibility index (Phi) is 8.01. The van der Waals surface area contributed by atoms with Crippen molar-refractivity contribution in [3.05, 3.63) is 133 Å². The summed E-state index contributed by atoms with van der Waals surface area (Å²) in [5, 5.41) is 3.32. The Morgan fingerprint density at radius 2 is 1.06 bits per heavy atom. The van der Waals surface area contributed by atoms with Gasteiger partial charge in [0.2, 0.25) is 11.4 Å². The van der Waals surface area contributed by atoms with Crippen molar-refractivity contribution < 1.29 is 17.6 Å². The molecule has 4 aromatic carbocycles. The number of nitrogens with zero attached hydrogens (tertiary/aromatic N) is 2. The van der Waals surface area contributed by atoms with Gasteiger partial charge < -0.3 is 18.8 Å². The van der Waals surface area contributed by atoms with Crippen LogP contribution in [0.3, 0.4) is 0 Å². The average molecular weight is 952 g/mol.